The molecule has 0 spiro atoms. The number of aryl methyl sites for hydroxylation is 2. The maximum Gasteiger partial charge on any atom is 0.219 e. The second kappa shape index (κ2) is 6.91. The zero-order valence-corrected chi connectivity index (χ0v) is 16.0. The molecule has 0 bridgehead atoms. The third-order valence-electron chi connectivity index (χ3n) is 5.19. The first kappa shape index (κ1) is 17.3. The van der Waals surface area contributed by atoms with Crippen LogP contribution in [0.3, 0.4) is 0 Å². The van der Waals surface area contributed by atoms with E-state index < -0.39 is 0 Å². The first-order valence-corrected chi connectivity index (χ1v) is 9.25. The van der Waals surface area contributed by atoms with E-state index in [0.29, 0.717) is 6.54 Å². The normalized spacial score (nSPS) is 13.4. The Morgan fingerprint density at radius 3 is 2.59 bits per heavy atom. The summed E-state index contributed by atoms with van der Waals surface area (Å²) in [6.45, 7) is 5.10. The van der Waals surface area contributed by atoms with Crippen molar-refractivity contribution in [3.63, 3.8) is 0 Å². The van der Waals surface area contributed by atoms with Crippen molar-refractivity contribution in [2.24, 2.45) is 7.05 Å². The molecule has 1 aromatic heterocycles. The molecule has 3 aromatic rings. The lowest BCUT2D eigenvalue weighted by atomic mass is 10.0. The summed E-state index contributed by atoms with van der Waals surface area (Å²) in [5.41, 5.74) is 6.97. The largest absolute Gasteiger partial charge is 0.338 e. The number of anilines is 2. The monoisotopic (exact) mass is 360 g/mol. The standard InChI is InChI=1S/C22H24N4O/c1-15-5-4-6-18(13-15)17-7-9-19(10-8-17)23-22-20-14-26(16(2)27)12-11-21(20)25(3)24-22/h4-10,13H,11-12,14H2,1-3H3,(H,23,24). The highest BCUT2D eigenvalue weighted by Gasteiger charge is 2.25. The van der Waals surface area contributed by atoms with Crippen LogP contribution in [0.4, 0.5) is 11.5 Å². The first-order valence-electron chi connectivity index (χ1n) is 9.25. The quantitative estimate of drug-likeness (QED) is 0.767. The van der Waals surface area contributed by atoms with Gasteiger partial charge in [0.2, 0.25) is 5.91 Å². The van der Waals surface area contributed by atoms with E-state index in [1.54, 1.807) is 6.92 Å². The smallest absolute Gasteiger partial charge is 0.219 e. The lowest BCUT2D eigenvalue weighted by Gasteiger charge is -2.26. The van der Waals surface area contributed by atoms with Crippen LogP contribution in [0, 0.1) is 6.92 Å². The molecule has 2 heterocycles. The van der Waals surface area contributed by atoms with E-state index >= 15 is 0 Å². The SMILES string of the molecule is CC(=O)N1CCc2c(c(Nc3ccc(-c4cccc(C)c4)cc3)nn2C)C1. The second-order valence-electron chi connectivity index (χ2n) is 7.16. The number of hydrogen-bond donors (Lipinski definition) is 1. The molecular formula is C22H24N4O. The molecular weight excluding hydrogens is 336 g/mol. The molecule has 0 radical (unpaired) electrons. The highest BCUT2D eigenvalue weighted by Crippen LogP contribution is 2.29. The predicted octanol–water partition coefficient (Wildman–Crippen LogP) is 4.04. The summed E-state index contributed by atoms with van der Waals surface area (Å²) in [7, 11) is 1.97. The van der Waals surface area contributed by atoms with Crippen LogP contribution in [0.25, 0.3) is 11.1 Å². The minimum atomic E-state index is 0.109. The van der Waals surface area contributed by atoms with Gasteiger partial charge in [-0.2, -0.15) is 5.10 Å². The van der Waals surface area contributed by atoms with Gasteiger partial charge in [0.1, 0.15) is 0 Å². The van der Waals surface area contributed by atoms with Gasteiger partial charge < -0.3 is 10.2 Å². The van der Waals surface area contributed by atoms with E-state index in [1.807, 2.05) is 16.6 Å². The van der Waals surface area contributed by atoms with Crippen molar-refractivity contribution >= 4 is 17.4 Å². The Kier molecular flexibility index (Phi) is 4.44. The van der Waals surface area contributed by atoms with Crippen LogP contribution >= 0.6 is 0 Å². The van der Waals surface area contributed by atoms with Crippen LogP contribution in [0.2, 0.25) is 0 Å². The Hall–Kier alpha value is -3.08. The number of carbonyl (C=O) groups is 1. The lowest BCUT2D eigenvalue weighted by molar-refractivity contribution is -0.129. The third-order valence-corrected chi connectivity index (χ3v) is 5.19. The predicted molar refractivity (Wildman–Crippen MR) is 108 cm³/mol. The fourth-order valence-electron chi connectivity index (χ4n) is 3.67. The van der Waals surface area contributed by atoms with Gasteiger partial charge >= 0.3 is 0 Å². The number of rotatable bonds is 3. The summed E-state index contributed by atoms with van der Waals surface area (Å²) in [5, 5.41) is 8.07. The van der Waals surface area contributed by atoms with Gasteiger partial charge in [-0.05, 0) is 30.2 Å². The molecule has 0 aliphatic carbocycles. The lowest BCUT2D eigenvalue weighted by Crippen LogP contribution is -2.34. The molecule has 1 amide bonds. The molecule has 0 saturated carbocycles. The van der Waals surface area contributed by atoms with Gasteiger partial charge in [-0.25, -0.2) is 0 Å². The molecule has 0 atom stereocenters. The zero-order chi connectivity index (χ0) is 19.0. The highest BCUT2D eigenvalue weighted by molar-refractivity contribution is 5.74. The van der Waals surface area contributed by atoms with E-state index in [2.05, 4.69) is 65.9 Å². The topological polar surface area (TPSA) is 50.2 Å². The summed E-state index contributed by atoms with van der Waals surface area (Å²) < 4.78 is 1.93. The van der Waals surface area contributed by atoms with Gasteiger partial charge in [0, 0.05) is 43.9 Å². The Balaban J connectivity index is 1.57. The van der Waals surface area contributed by atoms with Crippen molar-refractivity contribution < 1.29 is 4.79 Å². The molecule has 2 aromatic carbocycles. The fraction of sp³-hybridized carbons (Fsp3) is 0.273. The third kappa shape index (κ3) is 3.45. The molecule has 4 rings (SSSR count). The van der Waals surface area contributed by atoms with Crippen LogP contribution in [0.15, 0.2) is 48.5 Å². The molecule has 0 unspecified atom stereocenters. The molecule has 1 aliphatic rings. The number of fused-ring (bicyclic) bond motifs is 1. The number of nitrogens with one attached hydrogen (secondary N) is 1. The van der Waals surface area contributed by atoms with Gasteiger partial charge in [0.05, 0.1) is 6.54 Å². The van der Waals surface area contributed by atoms with Crippen LogP contribution < -0.4 is 5.32 Å². The number of amides is 1. The highest BCUT2D eigenvalue weighted by atomic mass is 16.2. The van der Waals surface area contributed by atoms with E-state index in [4.69, 9.17) is 0 Å². The van der Waals surface area contributed by atoms with Gasteiger partial charge in [0.25, 0.3) is 0 Å². The van der Waals surface area contributed by atoms with Crippen molar-refractivity contribution in [1.82, 2.24) is 14.7 Å². The van der Waals surface area contributed by atoms with Gasteiger partial charge in [0.15, 0.2) is 5.82 Å². The van der Waals surface area contributed by atoms with Crippen molar-refractivity contribution in [2.75, 3.05) is 11.9 Å². The van der Waals surface area contributed by atoms with Gasteiger partial charge in [-0.3, -0.25) is 9.48 Å². The minimum Gasteiger partial charge on any atom is -0.338 e. The number of benzene rings is 2. The van der Waals surface area contributed by atoms with Crippen molar-refractivity contribution in [3.8, 4) is 11.1 Å². The summed E-state index contributed by atoms with van der Waals surface area (Å²) in [5.74, 6) is 0.944. The molecule has 0 saturated heterocycles. The second-order valence-corrected chi connectivity index (χ2v) is 7.16. The van der Waals surface area contributed by atoms with Crippen molar-refractivity contribution in [3.05, 3.63) is 65.4 Å². The number of carbonyl (C=O) groups excluding carboxylic acids is 1. The first-order chi connectivity index (χ1) is 13.0. The molecule has 138 valence electrons. The van der Waals surface area contributed by atoms with Crippen LogP contribution in [-0.2, 0) is 24.8 Å². The summed E-state index contributed by atoms with van der Waals surface area (Å²) in [6.07, 6.45) is 0.840. The molecule has 27 heavy (non-hydrogen) atoms. The maximum atomic E-state index is 11.8. The molecule has 5 heteroatoms. The molecule has 1 aliphatic heterocycles. The zero-order valence-electron chi connectivity index (χ0n) is 16.0. The minimum absolute atomic E-state index is 0.109. The van der Waals surface area contributed by atoms with Crippen LogP contribution in [-0.4, -0.2) is 27.1 Å². The van der Waals surface area contributed by atoms with E-state index in [1.165, 1.54) is 22.4 Å². The Morgan fingerprint density at radius 1 is 1.11 bits per heavy atom. The average Bonchev–Trinajstić information content (AvgIpc) is 2.97. The Labute approximate surface area is 159 Å². The van der Waals surface area contributed by atoms with E-state index in [0.717, 1.165) is 30.0 Å². The summed E-state index contributed by atoms with van der Waals surface area (Å²) in [6, 6.07) is 16.9. The molecule has 0 fully saturated rings. The van der Waals surface area contributed by atoms with Crippen LogP contribution in [0.5, 0.6) is 0 Å². The van der Waals surface area contributed by atoms with Gasteiger partial charge in [-0.15, -0.1) is 0 Å². The average molecular weight is 360 g/mol. The summed E-state index contributed by atoms with van der Waals surface area (Å²) in [4.78, 5) is 13.6. The fourth-order valence-corrected chi connectivity index (χ4v) is 3.67. The van der Waals surface area contributed by atoms with E-state index in [-0.39, 0.29) is 5.91 Å². The number of hydrogen-bond acceptors (Lipinski definition) is 3. The number of nitrogens with zero attached hydrogens (tertiary/aromatic N) is 3. The Bertz CT molecular complexity index is 988. The maximum absolute atomic E-state index is 11.8. The number of aromatic nitrogens is 2. The Morgan fingerprint density at radius 2 is 1.89 bits per heavy atom. The van der Waals surface area contributed by atoms with Gasteiger partial charge in [-0.1, -0.05) is 42.0 Å². The van der Waals surface area contributed by atoms with E-state index in [9.17, 15) is 4.79 Å². The molecule has 1 N–H and O–H groups in total. The summed E-state index contributed by atoms with van der Waals surface area (Å²) >= 11 is 0. The van der Waals surface area contributed by atoms with Crippen molar-refractivity contribution in [1.29, 1.82) is 0 Å². The van der Waals surface area contributed by atoms with Crippen molar-refractivity contribution in [2.45, 2.75) is 26.8 Å². The molecule has 5 nitrogen and oxygen atoms in total. The van der Waals surface area contributed by atoms with Crippen LogP contribution in [0.1, 0.15) is 23.7 Å².